The fraction of sp³-hybridized carbons (Fsp3) is 0.533. The van der Waals surface area contributed by atoms with Crippen LogP contribution < -0.4 is 11.1 Å². The molecule has 0 aliphatic carbocycles. The summed E-state index contributed by atoms with van der Waals surface area (Å²) in [5.74, 6) is -0.0764. The van der Waals surface area contributed by atoms with E-state index in [1.807, 2.05) is 30.3 Å². The van der Waals surface area contributed by atoms with Gasteiger partial charge in [0, 0.05) is 13.7 Å². The standard InChI is InChI=1S/C15H24N2O2/c1-19-14(13-9-5-4-6-10-13)15(18)17-12-8-3-2-7-11-16/h4-6,9-10,14H,2-3,7-8,11-12,16H2,1H3,(H,17,18). The number of amides is 1. The van der Waals surface area contributed by atoms with Crippen LogP contribution in [-0.2, 0) is 9.53 Å². The quantitative estimate of drug-likeness (QED) is 0.671. The van der Waals surface area contributed by atoms with Crippen LogP contribution in [0, 0.1) is 0 Å². The Balaban J connectivity index is 2.31. The molecule has 0 radical (unpaired) electrons. The first kappa shape index (κ1) is 15.7. The predicted molar refractivity (Wildman–Crippen MR) is 76.7 cm³/mol. The van der Waals surface area contributed by atoms with Gasteiger partial charge in [0.25, 0.3) is 5.91 Å². The highest BCUT2D eigenvalue weighted by atomic mass is 16.5. The summed E-state index contributed by atoms with van der Waals surface area (Å²) in [5, 5.41) is 2.91. The summed E-state index contributed by atoms with van der Waals surface area (Å²) in [6.07, 6.45) is 3.74. The summed E-state index contributed by atoms with van der Waals surface area (Å²) in [5.41, 5.74) is 6.31. The first-order chi connectivity index (χ1) is 9.29. The van der Waals surface area contributed by atoms with Crippen LogP contribution >= 0.6 is 0 Å². The highest BCUT2D eigenvalue weighted by Crippen LogP contribution is 2.16. The Bertz CT molecular complexity index is 354. The fourth-order valence-corrected chi connectivity index (χ4v) is 1.95. The highest BCUT2D eigenvalue weighted by molar-refractivity contribution is 5.82. The molecule has 0 fully saturated rings. The summed E-state index contributed by atoms with van der Waals surface area (Å²) in [4.78, 5) is 12.0. The SMILES string of the molecule is COC(C(=O)NCCCCCCN)c1ccccc1. The third-order valence-electron chi connectivity index (χ3n) is 3.01. The van der Waals surface area contributed by atoms with Crippen molar-refractivity contribution < 1.29 is 9.53 Å². The number of methoxy groups -OCH3 is 1. The van der Waals surface area contributed by atoms with E-state index >= 15 is 0 Å². The minimum Gasteiger partial charge on any atom is -0.367 e. The van der Waals surface area contributed by atoms with E-state index in [1.165, 1.54) is 0 Å². The maximum Gasteiger partial charge on any atom is 0.253 e. The number of benzene rings is 1. The van der Waals surface area contributed by atoms with Gasteiger partial charge in [0.1, 0.15) is 0 Å². The summed E-state index contributed by atoms with van der Waals surface area (Å²) < 4.78 is 5.27. The number of nitrogens with one attached hydrogen (secondary N) is 1. The van der Waals surface area contributed by atoms with Crippen molar-refractivity contribution >= 4 is 5.91 Å². The Kier molecular flexibility index (Phi) is 7.86. The normalized spacial score (nSPS) is 12.1. The zero-order valence-electron chi connectivity index (χ0n) is 11.6. The smallest absolute Gasteiger partial charge is 0.253 e. The van der Waals surface area contributed by atoms with E-state index < -0.39 is 6.10 Å². The molecule has 0 aromatic heterocycles. The number of hydrogen-bond acceptors (Lipinski definition) is 3. The van der Waals surface area contributed by atoms with Crippen molar-refractivity contribution in [3.05, 3.63) is 35.9 Å². The van der Waals surface area contributed by atoms with Crippen LogP contribution in [0.4, 0.5) is 0 Å². The minimum atomic E-state index is -0.523. The van der Waals surface area contributed by atoms with Gasteiger partial charge in [0.2, 0.25) is 0 Å². The van der Waals surface area contributed by atoms with Crippen molar-refractivity contribution in [2.24, 2.45) is 5.73 Å². The average molecular weight is 264 g/mol. The molecule has 1 rings (SSSR count). The van der Waals surface area contributed by atoms with E-state index in [-0.39, 0.29) is 5.91 Å². The van der Waals surface area contributed by atoms with Crippen LogP contribution in [0.25, 0.3) is 0 Å². The van der Waals surface area contributed by atoms with Crippen molar-refractivity contribution in [2.45, 2.75) is 31.8 Å². The Hall–Kier alpha value is -1.39. The van der Waals surface area contributed by atoms with Crippen LogP contribution in [0.2, 0.25) is 0 Å². The summed E-state index contributed by atoms with van der Waals surface area (Å²) in [6.45, 7) is 1.43. The van der Waals surface area contributed by atoms with Crippen molar-refractivity contribution in [1.29, 1.82) is 0 Å². The lowest BCUT2D eigenvalue weighted by Crippen LogP contribution is -2.31. The van der Waals surface area contributed by atoms with E-state index in [9.17, 15) is 4.79 Å². The van der Waals surface area contributed by atoms with Gasteiger partial charge < -0.3 is 15.8 Å². The molecule has 1 unspecified atom stereocenters. The molecule has 0 heterocycles. The number of ether oxygens (including phenoxy) is 1. The molecule has 0 spiro atoms. The van der Waals surface area contributed by atoms with Gasteiger partial charge in [-0.15, -0.1) is 0 Å². The second kappa shape index (κ2) is 9.53. The molecular formula is C15H24N2O2. The van der Waals surface area contributed by atoms with Gasteiger partial charge in [-0.3, -0.25) is 4.79 Å². The lowest BCUT2D eigenvalue weighted by molar-refractivity contribution is -0.131. The summed E-state index contributed by atoms with van der Waals surface area (Å²) in [7, 11) is 1.55. The van der Waals surface area contributed by atoms with Gasteiger partial charge in [-0.05, 0) is 24.9 Å². The molecule has 4 nitrogen and oxygen atoms in total. The third-order valence-corrected chi connectivity index (χ3v) is 3.01. The topological polar surface area (TPSA) is 64.3 Å². The number of hydrogen-bond donors (Lipinski definition) is 2. The highest BCUT2D eigenvalue weighted by Gasteiger charge is 2.18. The zero-order valence-corrected chi connectivity index (χ0v) is 11.6. The molecule has 4 heteroatoms. The molecule has 0 aliphatic rings. The number of carbonyl (C=O) groups excluding carboxylic acids is 1. The number of carbonyl (C=O) groups is 1. The van der Waals surface area contributed by atoms with Gasteiger partial charge >= 0.3 is 0 Å². The van der Waals surface area contributed by atoms with Crippen LogP contribution in [0.1, 0.15) is 37.4 Å². The molecule has 106 valence electrons. The van der Waals surface area contributed by atoms with Gasteiger partial charge in [-0.25, -0.2) is 0 Å². The van der Waals surface area contributed by atoms with Crippen LogP contribution in [0.5, 0.6) is 0 Å². The lowest BCUT2D eigenvalue weighted by Gasteiger charge is -2.15. The van der Waals surface area contributed by atoms with Crippen LogP contribution in [0.15, 0.2) is 30.3 Å². The molecule has 19 heavy (non-hydrogen) atoms. The molecule has 0 bridgehead atoms. The van der Waals surface area contributed by atoms with Crippen molar-refractivity contribution in [1.82, 2.24) is 5.32 Å². The largest absolute Gasteiger partial charge is 0.367 e. The van der Waals surface area contributed by atoms with Crippen LogP contribution in [-0.4, -0.2) is 26.1 Å². The van der Waals surface area contributed by atoms with Crippen molar-refractivity contribution in [2.75, 3.05) is 20.2 Å². The van der Waals surface area contributed by atoms with E-state index in [4.69, 9.17) is 10.5 Å². The number of unbranched alkanes of at least 4 members (excludes halogenated alkanes) is 3. The minimum absolute atomic E-state index is 0.0764. The van der Waals surface area contributed by atoms with E-state index in [0.717, 1.165) is 37.8 Å². The monoisotopic (exact) mass is 264 g/mol. The summed E-state index contributed by atoms with van der Waals surface area (Å²) in [6, 6.07) is 9.53. The Morgan fingerprint density at radius 3 is 2.53 bits per heavy atom. The van der Waals surface area contributed by atoms with Crippen LogP contribution in [0.3, 0.4) is 0 Å². The van der Waals surface area contributed by atoms with E-state index in [1.54, 1.807) is 7.11 Å². The molecular weight excluding hydrogens is 240 g/mol. The van der Waals surface area contributed by atoms with Gasteiger partial charge in [0.15, 0.2) is 6.10 Å². The van der Waals surface area contributed by atoms with E-state index in [0.29, 0.717) is 6.54 Å². The molecule has 1 atom stereocenters. The Labute approximate surface area is 115 Å². The maximum atomic E-state index is 12.0. The predicted octanol–water partition coefficient (Wildman–Crippen LogP) is 2.01. The number of rotatable bonds is 9. The lowest BCUT2D eigenvalue weighted by atomic mass is 10.1. The Morgan fingerprint density at radius 2 is 1.89 bits per heavy atom. The fourth-order valence-electron chi connectivity index (χ4n) is 1.95. The molecule has 1 aromatic carbocycles. The zero-order chi connectivity index (χ0) is 13.9. The second-order valence-corrected chi connectivity index (χ2v) is 4.52. The molecule has 0 aliphatic heterocycles. The molecule has 1 amide bonds. The van der Waals surface area contributed by atoms with Gasteiger partial charge in [-0.1, -0.05) is 43.2 Å². The maximum absolute atomic E-state index is 12.0. The van der Waals surface area contributed by atoms with Crippen molar-refractivity contribution in [3.63, 3.8) is 0 Å². The molecule has 0 saturated carbocycles. The molecule has 3 N–H and O–H groups in total. The Morgan fingerprint density at radius 1 is 1.21 bits per heavy atom. The average Bonchev–Trinajstić information content (AvgIpc) is 2.45. The van der Waals surface area contributed by atoms with Gasteiger partial charge in [0.05, 0.1) is 0 Å². The third kappa shape index (κ3) is 5.85. The number of nitrogens with two attached hydrogens (primary N) is 1. The first-order valence-electron chi connectivity index (χ1n) is 6.85. The molecule has 1 aromatic rings. The second-order valence-electron chi connectivity index (χ2n) is 4.52. The summed E-state index contributed by atoms with van der Waals surface area (Å²) >= 11 is 0. The first-order valence-corrected chi connectivity index (χ1v) is 6.85. The van der Waals surface area contributed by atoms with E-state index in [2.05, 4.69) is 5.32 Å². The van der Waals surface area contributed by atoms with Gasteiger partial charge in [-0.2, -0.15) is 0 Å². The molecule has 0 saturated heterocycles. The van der Waals surface area contributed by atoms with Crippen molar-refractivity contribution in [3.8, 4) is 0 Å².